The van der Waals surface area contributed by atoms with Gasteiger partial charge in [0, 0.05) is 19.0 Å². The first-order chi connectivity index (χ1) is 12.5. The maximum Gasteiger partial charge on any atom is 0.410 e. The fraction of sp³-hybridized carbons (Fsp3) is 0.500. The number of nitrogens with one attached hydrogen (secondary N) is 2. The van der Waals surface area contributed by atoms with Crippen molar-refractivity contribution in [2.45, 2.75) is 39.2 Å². The van der Waals surface area contributed by atoms with Gasteiger partial charge in [-0.3, -0.25) is 10.2 Å². The Morgan fingerprint density at radius 3 is 2.41 bits per heavy atom. The predicted molar refractivity (Wildman–Crippen MR) is 101 cm³/mol. The van der Waals surface area contributed by atoms with Gasteiger partial charge in [0.1, 0.15) is 11.4 Å². The fourth-order valence-corrected chi connectivity index (χ4v) is 3.02. The zero-order valence-electron chi connectivity index (χ0n) is 15.4. The molecule has 0 aliphatic carbocycles. The molecule has 1 aromatic carbocycles. The van der Waals surface area contributed by atoms with Gasteiger partial charge in [-0.05, 0) is 61.7 Å². The van der Waals surface area contributed by atoms with Crippen molar-refractivity contribution in [3.8, 4) is 0 Å². The molecule has 1 fully saturated rings. The molecule has 1 heterocycles. The number of halogens is 3. The second-order valence-electron chi connectivity index (χ2n) is 7.33. The van der Waals surface area contributed by atoms with Crippen molar-refractivity contribution in [2.75, 3.05) is 18.4 Å². The van der Waals surface area contributed by atoms with Crippen LogP contribution in [0.5, 0.6) is 0 Å². The van der Waals surface area contributed by atoms with Crippen LogP contribution in [-0.2, 0) is 9.53 Å². The van der Waals surface area contributed by atoms with Gasteiger partial charge in [-0.2, -0.15) is 0 Å². The van der Waals surface area contributed by atoms with Crippen LogP contribution < -0.4 is 5.32 Å². The largest absolute Gasteiger partial charge is 0.444 e. The Balaban J connectivity index is 1.93. The molecular formula is C18H22BrF2N3O3. The summed E-state index contributed by atoms with van der Waals surface area (Å²) in [5.41, 5.74) is -0.753. The van der Waals surface area contributed by atoms with E-state index in [1.165, 1.54) is 4.90 Å². The molecule has 6 nitrogen and oxygen atoms in total. The van der Waals surface area contributed by atoms with E-state index in [0.29, 0.717) is 25.9 Å². The monoisotopic (exact) mass is 445 g/mol. The van der Waals surface area contributed by atoms with Crippen molar-refractivity contribution in [2.24, 2.45) is 5.92 Å². The molecule has 2 rings (SSSR count). The molecule has 9 heteroatoms. The molecule has 0 radical (unpaired) electrons. The number of amidine groups is 1. The lowest BCUT2D eigenvalue weighted by atomic mass is 9.92. The number of carbonyl (C=O) groups is 2. The summed E-state index contributed by atoms with van der Waals surface area (Å²) in [6.07, 6.45) is 0.343. The summed E-state index contributed by atoms with van der Waals surface area (Å²) >= 11 is 2.78. The Morgan fingerprint density at radius 1 is 1.26 bits per heavy atom. The first-order valence-corrected chi connectivity index (χ1v) is 9.30. The number of benzene rings is 1. The van der Waals surface area contributed by atoms with E-state index in [1.807, 2.05) is 0 Å². The lowest BCUT2D eigenvalue weighted by Gasteiger charge is -2.32. The summed E-state index contributed by atoms with van der Waals surface area (Å²) in [4.78, 5) is 26.0. The third-order valence-corrected chi connectivity index (χ3v) is 4.79. The average Bonchev–Trinajstić information content (AvgIpc) is 2.60. The number of hydrogen-bond acceptors (Lipinski definition) is 4. The summed E-state index contributed by atoms with van der Waals surface area (Å²) in [5, 5.41) is 10.3. The van der Waals surface area contributed by atoms with Crippen molar-refractivity contribution in [3.05, 3.63) is 28.2 Å². The zero-order valence-corrected chi connectivity index (χ0v) is 17.0. The second-order valence-corrected chi connectivity index (χ2v) is 8.12. The molecule has 1 amide bonds. The van der Waals surface area contributed by atoms with Gasteiger partial charge >= 0.3 is 6.09 Å². The number of piperidine rings is 1. The van der Waals surface area contributed by atoms with Gasteiger partial charge in [-0.1, -0.05) is 0 Å². The molecule has 1 aliphatic rings. The highest BCUT2D eigenvalue weighted by Gasteiger charge is 2.31. The average molecular weight is 446 g/mol. The minimum Gasteiger partial charge on any atom is -0.444 e. The summed E-state index contributed by atoms with van der Waals surface area (Å²) in [7, 11) is 0. The molecule has 0 aromatic heterocycles. The topological polar surface area (TPSA) is 82.5 Å². The molecule has 0 unspecified atom stereocenters. The van der Waals surface area contributed by atoms with Crippen molar-refractivity contribution in [1.29, 1.82) is 5.41 Å². The van der Waals surface area contributed by atoms with Crippen LogP contribution in [0.3, 0.4) is 0 Å². The number of ether oxygens (including phenoxy) is 1. The van der Waals surface area contributed by atoms with E-state index in [0.717, 1.165) is 12.1 Å². The number of anilines is 1. The SMILES string of the molecule is CC(C)(C)OC(=O)N1CCC(C(=O)C(=N)Nc2ccc(F)c(Br)c2F)CC1. The van der Waals surface area contributed by atoms with Gasteiger partial charge < -0.3 is 15.0 Å². The number of nitrogens with zero attached hydrogens (tertiary/aromatic N) is 1. The van der Waals surface area contributed by atoms with Crippen molar-refractivity contribution < 1.29 is 23.1 Å². The highest BCUT2D eigenvalue weighted by Crippen LogP contribution is 2.26. The van der Waals surface area contributed by atoms with E-state index in [2.05, 4.69) is 21.2 Å². The maximum absolute atomic E-state index is 14.0. The van der Waals surface area contributed by atoms with Crippen LogP contribution in [0.1, 0.15) is 33.6 Å². The van der Waals surface area contributed by atoms with Crippen LogP contribution in [0.25, 0.3) is 0 Å². The van der Waals surface area contributed by atoms with Gasteiger partial charge in [-0.15, -0.1) is 0 Å². The maximum atomic E-state index is 14.0. The second kappa shape index (κ2) is 8.33. The summed E-state index contributed by atoms with van der Waals surface area (Å²) in [5.74, 6) is -3.07. The Labute approximate surface area is 164 Å². The minimum absolute atomic E-state index is 0.159. The number of carbonyl (C=O) groups excluding carboxylic acids is 2. The first kappa shape index (κ1) is 21.3. The number of amides is 1. The van der Waals surface area contributed by atoms with Crippen LogP contribution in [0.2, 0.25) is 0 Å². The number of likely N-dealkylation sites (tertiary alicyclic amines) is 1. The normalized spacial score (nSPS) is 15.4. The zero-order chi connectivity index (χ0) is 20.4. The third kappa shape index (κ3) is 5.47. The summed E-state index contributed by atoms with van der Waals surface area (Å²) in [6, 6.07) is 2.16. The number of Topliss-reactive ketones (excluding diaryl/α,β-unsaturated/α-hetero) is 1. The van der Waals surface area contributed by atoms with Gasteiger partial charge in [0.25, 0.3) is 0 Å². The van der Waals surface area contributed by atoms with Gasteiger partial charge in [0.15, 0.2) is 11.7 Å². The quantitative estimate of drug-likeness (QED) is 0.411. The van der Waals surface area contributed by atoms with Gasteiger partial charge in [0.05, 0.1) is 10.2 Å². The standard InChI is InChI=1S/C18H22BrF2N3O3/c1-18(2,3)27-17(26)24-8-6-10(7-9-24)15(25)16(22)23-12-5-4-11(20)13(19)14(12)21/h4-5,10H,6-9H2,1-3H3,(H2,22,23). The third-order valence-electron chi connectivity index (χ3n) is 4.06. The van der Waals surface area contributed by atoms with E-state index in [-0.39, 0.29) is 10.2 Å². The Morgan fingerprint density at radius 2 is 1.85 bits per heavy atom. The molecule has 0 atom stereocenters. The number of rotatable bonds is 3. The lowest BCUT2D eigenvalue weighted by molar-refractivity contribution is -0.117. The van der Waals surface area contributed by atoms with E-state index in [1.54, 1.807) is 20.8 Å². The molecule has 1 saturated heterocycles. The van der Waals surface area contributed by atoms with E-state index in [4.69, 9.17) is 10.1 Å². The van der Waals surface area contributed by atoms with Gasteiger partial charge in [0.2, 0.25) is 5.78 Å². The highest BCUT2D eigenvalue weighted by atomic mass is 79.9. The van der Waals surface area contributed by atoms with Crippen molar-refractivity contribution >= 4 is 39.3 Å². The van der Waals surface area contributed by atoms with Crippen LogP contribution >= 0.6 is 15.9 Å². The molecule has 1 aromatic rings. The van der Waals surface area contributed by atoms with E-state index in [9.17, 15) is 18.4 Å². The predicted octanol–water partition coefficient (Wildman–Crippen LogP) is 4.33. The molecule has 148 valence electrons. The summed E-state index contributed by atoms with van der Waals surface area (Å²) < 4.78 is 32.2. The molecule has 2 N–H and O–H groups in total. The van der Waals surface area contributed by atoms with E-state index < -0.39 is 40.9 Å². The van der Waals surface area contributed by atoms with Crippen LogP contribution in [0, 0.1) is 23.0 Å². The molecule has 0 saturated carbocycles. The smallest absolute Gasteiger partial charge is 0.410 e. The molecular weight excluding hydrogens is 424 g/mol. The number of ketones is 1. The molecule has 27 heavy (non-hydrogen) atoms. The summed E-state index contributed by atoms with van der Waals surface area (Å²) in [6.45, 7) is 6.02. The lowest BCUT2D eigenvalue weighted by Crippen LogP contribution is -2.44. The van der Waals surface area contributed by atoms with Gasteiger partial charge in [-0.25, -0.2) is 13.6 Å². The first-order valence-electron chi connectivity index (χ1n) is 8.51. The fourth-order valence-electron chi connectivity index (χ4n) is 2.67. The number of hydrogen-bond donors (Lipinski definition) is 2. The molecule has 0 spiro atoms. The van der Waals surface area contributed by atoms with Crippen LogP contribution in [-0.4, -0.2) is 41.3 Å². The van der Waals surface area contributed by atoms with Crippen molar-refractivity contribution in [1.82, 2.24) is 4.90 Å². The minimum atomic E-state index is -0.910. The highest BCUT2D eigenvalue weighted by molar-refractivity contribution is 9.10. The van der Waals surface area contributed by atoms with E-state index >= 15 is 0 Å². The van der Waals surface area contributed by atoms with Crippen LogP contribution in [0.15, 0.2) is 16.6 Å². The Kier molecular flexibility index (Phi) is 6.56. The van der Waals surface area contributed by atoms with Crippen LogP contribution in [0.4, 0.5) is 19.3 Å². The van der Waals surface area contributed by atoms with Crippen molar-refractivity contribution in [3.63, 3.8) is 0 Å². The Bertz CT molecular complexity index is 757. The molecule has 1 aliphatic heterocycles. The molecule has 0 bridgehead atoms. The Hall–Kier alpha value is -2.03.